The third-order valence-electron chi connectivity index (χ3n) is 3.85. The number of hydrogen-bond acceptors (Lipinski definition) is 4. The van der Waals surface area contributed by atoms with Crippen LogP contribution in [0.25, 0.3) is 11.3 Å². The number of benzene rings is 1. The number of nitrogens with zero attached hydrogens (tertiary/aromatic N) is 3. The minimum absolute atomic E-state index is 0.256. The molecule has 22 heavy (non-hydrogen) atoms. The molecule has 0 aliphatic rings. The first-order chi connectivity index (χ1) is 10.7. The number of nitrogens with one attached hydrogen (secondary N) is 1. The van der Waals surface area contributed by atoms with Crippen LogP contribution in [0, 0.1) is 0 Å². The first-order valence-corrected chi connectivity index (χ1v) is 7.46. The predicted molar refractivity (Wildman–Crippen MR) is 85.2 cm³/mol. The standard InChI is InChI=1S/C17H20N4O/c1-13(14(2)21-10-6-9-20-21)18-12-17-19-11-16(22-17)15-7-4-3-5-8-15/h3-11,13-14,18H,12H2,1-2H3/t13-,14+/m0/s1. The summed E-state index contributed by atoms with van der Waals surface area (Å²) in [6.07, 6.45) is 5.54. The van der Waals surface area contributed by atoms with Gasteiger partial charge in [0.05, 0.1) is 18.8 Å². The van der Waals surface area contributed by atoms with Gasteiger partial charge in [-0.25, -0.2) is 4.98 Å². The summed E-state index contributed by atoms with van der Waals surface area (Å²) in [6, 6.07) is 12.4. The highest BCUT2D eigenvalue weighted by Gasteiger charge is 2.15. The largest absolute Gasteiger partial charge is 0.439 e. The Balaban J connectivity index is 1.59. The molecule has 0 unspecified atom stereocenters. The quantitative estimate of drug-likeness (QED) is 0.758. The van der Waals surface area contributed by atoms with Gasteiger partial charge in [0.15, 0.2) is 5.76 Å². The van der Waals surface area contributed by atoms with Gasteiger partial charge in [0, 0.05) is 24.0 Å². The molecule has 0 amide bonds. The van der Waals surface area contributed by atoms with Crippen LogP contribution in [-0.4, -0.2) is 20.8 Å². The maximum absolute atomic E-state index is 5.79. The molecule has 114 valence electrons. The van der Waals surface area contributed by atoms with Gasteiger partial charge >= 0.3 is 0 Å². The summed E-state index contributed by atoms with van der Waals surface area (Å²) in [4.78, 5) is 4.34. The molecule has 2 aromatic heterocycles. The first kappa shape index (κ1) is 14.5. The Morgan fingerprint density at radius 3 is 2.73 bits per heavy atom. The Hall–Kier alpha value is -2.40. The van der Waals surface area contributed by atoms with E-state index in [0.29, 0.717) is 12.4 Å². The molecule has 0 spiro atoms. The molecule has 0 radical (unpaired) electrons. The van der Waals surface area contributed by atoms with Crippen molar-refractivity contribution in [3.63, 3.8) is 0 Å². The lowest BCUT2D eigenvalue weighted by atomic mass is 10.2. The fourth-order valence-corrected chi connectivity index (χ4v) is 2.30. The first-order valence-electron chi connectivity index (χ1n) is 7.46. The van der Waals surface area contributed by atoms with Crippen LogP contribution in [0.15, 0.2) is 59.4 Å². The van der Waals surface area contributed by atoms with Crippen LogP contribution in [-0.2, 0) is 6.54 Å². The number of aromatic nitrogens is 3. The Kier molecular flexibility index (Phi) is 4.34. The van der Waals surface area contributed by atoms with E-state index in [1.54, 1.807) is 12.4 Å². The van der Waals surface area contributed by atoms with Crippen molar-refractivity contribution in [2.24, 2.45) is 0 Å². The summed E-state index contributed by atoms with van der Waals surface area (Å²) < 4.78 is 7.74. The third-order valence-corrected chi connectivity index (χ3v) is 3.85. The molecule has 0 aliphatic carbocycles. The molecule has 2 atom stereocenters. The fraction of sp³-hybridized carbons (Fsp3) is 0.294. The highest BCUT2D eigenvalue weighted by atomic mass is 16.4. The van der Waals surface area contributed by atoms with Gasteiger partial charge < -0.3 is 9.73 Å². The number of oxazole rings is 1. The van der Waals surface area contributed by atoms with Crippen LogP contribution < -0.4 is 5.32 Å². The van der Waals surface area contributed by atoms with Crippen LogP contribution in [0.3, 0.4) is 0 Å². The Labute approximate surface area is 130 Å². The van der Waals surface area contributed by atoms with Crippen LogP contribution >= 0.6 is 0 Å². The highest BCUT2D eigenvalue weighted by molar-refractivity contribution is 5.55. The van der Waals surface area contributed by atoms with Crippen molar-refractivity contribution in [3.8, 4) is 11.3 Å². The summed E-state index contributed by atoms with van der Waals surface area (Å²) in [6.45, 7) is 4.86. The van der Waals surface area contributed by atoms with E-state index < -0.39 is 0 Å². The maximum Gasteiger partial charge on any atom is 0.208 e. The van der Waals surface area contributed by atoms with Gasteiger partial charge in [0.1, 0.15) is 0 Å². The second-order valence-electron chi connectivity index (χ2n) is 5.38. The van der Waals surface area contributed by atoms with Crippen molar-refractivity contribution in [3.05, 3.63) is 60.9 Å². The molecule has 0 aliphatic heterocycles. The molecule has 0 bridgehead atoms. The number of hydrogen-bond donors (Lipinski definition) is 1. The Bertz CT molecular complexity index is 691. The average molecular weight is 296 g/mol. The van der Waals surface area contributed by atoms with Gasteiger partial charge in [-0.2, -0.15) is 5.10 Å². The lowest BCUT2D eigenvalue weighted by Gasteiger charge is -2.21. The number of rotatable bonds is 6. The van der Waals surface area contributed by atoms with Gasteiger partial charge in [-0.15, -0.1) is 0 Å². The van der Waals surface area contributed by atoms with Crippen LogP contribution in [0.1, 0.15) is 25.8 Å². The predicted octanol–water partition coefficient (Wildman–Crippen LogP) is 3.28. The lowest BCUT2D eigenvalue weighted by molar-refractivity contribution is 0.349. The van der Waals surface area contributed by atoms with Crippen molar-refractivity contribution in [1.82, 2.24) is 20.1 Å². The minimum Gasteiger partial charge on any atom is -0.439 e. The van der Waals surface area contributed by atoms with Gasteiger partial charge in [0.2, 0.25) is 5.89 Å². The molecule has 5 heteroatoms. The van der Waals surface area contributed by atoms with Gasteiger partial charge in [-0.1, -0.05) is 30.3 Å². The van der Waals surface area contributed by atoms with Crippen LogP contribution in [0.4, 0.5) is 0 Å². The summed E-state index contributed by atoms with van der Waals surface area (Å²) in [5, 5.41) is 7.71. The van der Waals surface area contributed by atoms with Crippen molar-refractivity contribution in [2.45, 2.75) is 32.5 Å². The molecule has 2 heterocycles. The van der Waals surface area contributed by atoms with Crippen molar-refractivity contribution < 1.29 is 4.42 Å². The molecule has 0 fully saturated rings. The van der Waals surface area contributed by atoms with E-state index in [-0.39, 0.29) is 12.1 Å². The van der Waals surface area contributed by atoms with Crippen LogP contribution in [0.2, 0.25) is 0 Å². The zero-order valence-electron chi connectivity index (χ0n) is 12.8. The van der Waals surface area contributed by atoms with Crippen molar-refractivity contribution in [2.75, 3.05) is 0 Å². The second kappa shape index (κ2) is 6.58. The third kappa shape index (κ3) is 3.26. The lowest BCUT2D eigenvalue weighted by Crippen LogP contribution is -2.33. The van der Waals surface area contributed by atoms with E-state index >= 15 is 0 Å². The smallest absolute Gasteiger partial charge is 0.208 e. The Morgan fingerprint density at radius 2 is 2.00 bits per heavy atom. The fourth-order valence-electron chi connectivity index (χ4n) is 2.30. The maximum atomic E-state index is 5.79. The summed E-state index contributed by atoms with van der Waals surface area (Å²) >= 11 is 0. The van der Waals surface area contributed by atoms with Crippen molar-refractivity contribution >= 4 is 0 Å². The minimum atomic E-state index is 0.256. The van der Waals surface area contributed by atoms with Gasteiger partial charge in [0.25, 0.3) is 0 Å². The molecule has 5 nitrogen and oxygen atoms in total. The highest BCUT2D eigenvalue weighted by Crippen LogP contribution is 2.19. The van der Waals surface area contributed by atoms with Gasteiger partial charge in [-0.3, -0.25) is 4.68 Å². The molecular weight excluding hydrogens is 276 g/mol. The normalized spacial score (nSPS) is 13.9. The van der Waals surface area contributed by atoms with Crippen molar-refractivity contribution in [1.29, 1.82) is 0 Å². The average Bonchev–Trinajstić information content (AvgIpc) is 3.24. The zero-order valence-corrected chi connectivity index (χ0v) is 12.8. The second-order valence-corrected chi connectivity index (χ2v) is 5.38. The van der Waals surface area contributed by atoms with Crippen LogP contribution in [0.5, 0.6) is 0 Å². The van der Waals surface area contributed by atoms with E-state index in [1.807, 2.05) is 47.3 Å². The molecule has 3 aromatic rings. The van der Waals surface area contributed by atoms with E-state index in [0.717, 1.165) is 11.3 Å². The zero-order chi connectivity index (χ0) is 15.4. The topological polar surface area (TPSA) is 55.9 Å². The molecular formula is C17H20N4O. The summed E-state index contributed by atoms with van der Waals surface area (Å²) in [5.41, 5.74) is 1.04. The SMILES string of the molecule is C[C@H](NCc1ncc(-c2ccccc2)o1)[C@@H](C)n1cccn1. The van der Waals surface area contributed by atoms with E-state index in [2.05, 4.69) is 29.2 Å². The molecule has 1 N–H and O–H groups in total. The molecule has 0 saturated heterocycles. The van der Waals surface area contributed by atoms with E-state index in [9.17, 15) is 0 Å². The van der Waals surface area contributed by atoms with E-state index in [1.165, 1.54) is 0 Å². The molecule has 1 aromatic carbocycles. The monoisotopic (exact) mass is 296 g/mol. The summed E-state index contributed by atoms with van der Waals surface area (Å²) in [5.74, 6) is 1.49. The molecule has 0 saturated carbocycles. The Morgan fingerprint density at radius 1 is 1.18 bits per heavy atom. The summed E-state index contributed by atoms with van der Waals surface area (Å²) in [7, 11) is 0. The van der Waals surface area contributed by atoms with Gasteiger partial charge in [-0.05, 0) is 19.9 Å². The molecule has 3 rings (SSSR count). The van der Waals surface area contributed by atoms with E-state index in [4.69, 9.17) is 4.42 Å².